The van der Waals surface area contributed by atoms with Gasteiger partial charge in [-0.3, -0.25) is 37.3 Å². The van der Waals surface area contributed by atoms with E-state index in [-0.39, 0.29) is 25.7 Å². The van der Waals surface area contributed by atoms with Crippen molar-refractivity contribution in [1.29, 1.82) is 0 Å². The molecule has 0 amide bonds. The number of esters is 4. The first-order chi connectivity index (χ1) is 51.7. The fourth-order valence-electron chi connectivity index (χ4n) is 13.6. The first kappa shape index (κ1) is 105. The Labute approximate surface area is 658 Å². The summed E-state index contributed by atoms with van der Waals surface area (Å²) in [6.07, 6.45) is 66.5. The molecule has 17 nitrogen and oxygen atoms in total. The van der Waals surface area contributed by atoms with E-state index in [9.17, 15) is 43.2 Å². The van der Waals surface area contributed by atoms with Crippen LogP contribution in [0.2, 0.25) is 0 Å². The summed E-state index contributed by atoms with van der Waals surface area (Å²) in [6, 6.07) is 0. The van der Waals surface area contributed by atoms with Crippen LogP contribution in [0.15, 0.2) is 0 Å². The average molecular weight is 1560 g/mol. The Balaban J connectivity index is 5.26. The van der Waals surface area contributed by atoms with E-state index in [1.807, 2.05) is 0 Å². The van der Waals surface area contributed by atoms with E-state index < -0.39 is 97.5 Å². The molecule has 4 unspecified atom stereocenters. The summed E-state index contributed by atoms with van der Waals surface area (Å²) in [7, 11) is -9.93. The van der Waals surface area contributed by atoms with Gasteiger partial charge in [-0.1, -0.05) is 409 Å². The Bertz CT molecular complexity index is 2080. The molecule has 0 aliphatic rings. The number of unbranched alkanes of at least 4 members (excludes halogenated alkanes) is 49. The van der Waals surface area contributed by atoms with Gasteiger partial charge >= 0.3 is 39.5 Å². The number of carbonyl (C=O) groups excluding carboxylic acids is 4. The molecule has 0 radical (unpaired) electrons. The van der Waals surface area contributed by atoms with Crippen molar-refractivity contribution in [3.63, 3.8) is 0 Å². The van der Waals surface area contributed by atoms with Crippen LogP contribution in [0, 0.1) is 23.7 Å². The molecule has 0 saturated heterocycles. The quantitative estimate of drug-likeness (QED) is 0.0222. The van der Waals surface area contributed by atoms with Crippen molar-refractivity contribution < 1.29 is 80.2 Å². The van der Waals surface area contributed by atoms with E-state index in [0.29, 0.717) is 25.7 Å². The average Bonchev–Trinajstić information content (AvgIpc) is 0.903. The largest absolute Gasteiger partial charge is 0.472 e. The zero-order valence-corrected chi connectivity index (χ0v) is 72.6. The van der Waals surface area contributed by atoms with Gasteiger partial charge in [0.15, 0.2) is 12.2 Å². The van der Waals surface area contributed by atoms with Crippen LogP contribution in [0.3, 0.4) is 0 Å². The summed E-state index contributed by atoms with van der Waals surface area (Å²) in [5.41, 5.74) is 0. The normalized spacial score (nSPS) is 14.4. The number of phosphoric ester groups is 2. The summed E-state index contributed by atoms with van der Waals surface area (Å²) in [6.45, 7) is 14.4. The molecule has 0 bridgehead atoms. The Morgan fingerprint density at radius 1 is 0.262 bits per heavy atom. The number of rotatable bonds is 85. The van der Waals surface area contributed by atoms with Gasteiger partial charge in [0.05, 0.1) is 26.4 Å². The maximum Gasteiger partial charge on any atom is 0.472 e. The van der Waals surface area contributed by atoms with E-state index in [4.69, 9.17) is 37.0 Å². The summed E-state index contributed by atoms with van der Waals surface area (Å²) < 4.78 is 69.0. The van der Waals surface area contributed by atoms with E-state index in [1.54, 1.807) is 0 Å². The molecule has 0 aliphatic carbocycles. The molecule has 0 spiro atoms. The third kappa shape index (κ3) is 79.1. The third-order valence-corrected chi connectivity index (χ3v) is 23.2. The lowest BCUT2D eigenvalue weighted by molar-refractivity contribution is -0.161. The van der Waals surface area contributed by atoms with Gasteiger partial charge in [-0.15, -0.1) is 0 Å². The maximum absolute atomic E-state index is 13.2. The van der Waals surface area contributed by atoms with Gasteiger partial charge in [0, 0.05) is 25.7 Å². The standard InChI is InChI=1S/C88H172O17P2/c1-9-80(7)66-58-50-42-34-25-21-17-13-11-12-14-18-23-27-38-46-54-62-70-87(92)104-83(74-98-85(90)68-60-52-44-36-26-22-19-15-16-20-24-32-40-48-56-64-78(3)4)76-102-106(94,95)100-72-82(89)73-101-107(96,97)103-77-84(75-99-86(91)69-61-53-45-37-30-28-33-41-49-57-65-79(5)6)105-88(93)71-63-55-47-39-31-29-35-43-51-59-67-81(8)10-2/h78-84,89H,9-77H2,1-8H3,(H,94,95)(H,96,97)/t80?,81?,82-,83-,84-/m1/s1. The molecule has 19 heteroatoms. The van der Waals surface area contributed by atoms with Gasteiger partial charge in [0.1, 0.15) is 19.3 Å². The number of aliphatic hydroxyl groups excluding tert-OH is 1. The number of carbonyl (C=O) groups is 4. The second kappa shape index (κ2) is 76.7. The van der Waals surface area contributed by atoms with Crippen molar-refractivity contribution in [1.82, 2.24) is 0 Å². The molecule has 0 saturated carbocycles. The first-order valence-electron chi connectivity index (χ1n) is 45.3. The van der Waals surface area contributed by atoms with E-state index >= 15 is 0 Å². The molecular formula is C88H172O17P2. The molecule has 0 rings (SSSR count). The van der Waals surface area contributed by atoms with Crippen molar-refractivity contribution in [3.05, 3.63) is 0 Å². The number of aliphatic hydroxyl groups is 1. The minimum absolute atomic E-state index is 0.106. The van der Waals surface area contributed by atoms with Crippen molar-refractivity contribution >= 4 is 39.5 Å². The molecule has 0 aromatic rings. The molecular weight excluding hydrogens is 1390 g/mol. The molecule has 0 aliphatic heterocycles. The second-order valence-electron chi connectivity index (χ2n) is 33.1. The Morgan fingerprint density at radius 2 is 0.449 bits per heavy atom. The summed E-state index contributed by atoms with van der Waals surface area (Å²) in [4.78, 5) is 73.3. The number of ether oxygens (including phenoxy) is 4. The van der Waals surface area contributed by atoms with Crippen LogP contribution in [0.4, 0.5) is 0 Å². The molecule has 107 heavy (non-hydrogen) atoms. The fraction of sp³-hybridized carbons (Fsp3) is 0.955. The van der Waals surface area contributed by atoms with Crippen LogP contribution in [-0.2, 0) is 65.4 Å². The lowest BCUT2D eigenvalue weighted by Gasteiger charge is -2.21. The molecule has 0 aromatic heterocycles. The van der Waals surface area contributed by atoms with Crippen molar-refractivity contribution in [2.45, 2.75) is 478 Å². The lowest BCUT2D eigenvalue weighted by atomic mass is 9.99. The SMILES string of the molecule is CCC(C)CCCCCCCCCCCCCCCCCCCCC(=O)O[C@H](COC(=O)CCCCCCCCCCCCCCCCCC(C)C)COP(=O)(O)OC[C@@H](O)COP(=O)(O)OC[C@@H](COC(=O)CCCCCCCCCCCCC(C)C)OC(=O)CCCCCCCCCCCCC(C)CC. The Morgan fingerprint density at radius 3 is 0.664 bits per heavy atom. The molecule has 636 valence electrons. The van der Waals surface area contributed by atoms with Crippen LogP contribution < -0.4 is 0 Å². The molecule has 0 aromatic carbocycles. The van der Waals surface area contributed by atoms with Crippen LogP contribution in [0.25, 0.3) is 0 Å². The van der Waals surface area contributed by atoms with E-state index in [0.717, 1.165) is 114 Å². The zero-order valence-electron chi connectivity index (χ0n) is 70.8. The molecule has 3 N–H and O–H groups in total. The summed E-state index contributed by atoms with van der Waals surface area (Å²) >= 11 is 0. The highest BCUT2D eigenvalue weighted by molar-refractivity contribution is 7.47. The highest BCUT2D eigenvalue weighted by Crippen LogP contribution is 2.45. The van der Waals surface area contributed by atoms with Crippen molar-refractivity contribution in [3.8, 4) is 0 Å². The van der Waals surface area contributed by atoms with Gasteiger partial charge in [-0.2, -0.15) is 0 Å². The minimum atomic E-state index is -4.97. The smallest absolute Gasteiger partial charge is 0.462 e. The highest BCUT2D eigenvalue weighted by atomic mass is 31.2. The molecule has 0 fully saturated rings. The monoisotopic (exact) mass is 1560 g/mol. The number of phosphoric acid groups is 2. The predicted octanol–water partition coefficient (Wildman–Crippen LogP) is 26.7. The zero-order chi connectivity index (χ0) is 78.8. The van der Waals surface area contributed by atoms with Gasteiger partial charge < -0.3 is 33.8 Å². The lowest BCUT2D eigenvalue weighted by Crippen LogP contribution is -2.30. The van der Waals surface area contributed by atoms with Gasteiger partial charge in [-0.05, 0) is 49.4 Å². The third-order valence-electron chi connectivity index (χ3n) is 21.3. The van der Waals surface area contributed by atoms with Crippen molar-refractivity contribution in [2.24, 2.45) is 23.7 Å². The van der Waals surface area contributed by atoms with Crippen LogP contribution in [0.1, 0.15) is 460 Å². The summed E-state index contributed by atoms with van der Waals surface area (Å²) in [5.74, 6) is 1.13. The number of hydrogen-bond donors (Lipinski definition) is 3. The first-order valence-corrected chi connectivity index (χ1v) is 48.3. The Hall–Kier alpha value is -1.94. The van der Waals surface area contributed by atoms with E-state index in [1.165, 1.54) is 263 Å². The van der Waals surface area contributed by atoms with Crippen LogP contribution >= 0.6 is 15.6 Å². The fourth-order valence-corrected chi connectivity index (χ4v) is 15.2. The second-order valence-corrected chi connectivity index (χ2v) is 36.0. The molecule has 7 atom stereocenters. The van der Waals surface area contributed by atoms with Gasteiger partial charge in [-0.25, -0.2) is 9.13 Å². The van der Waals surface area contributed by atoms with E-state index in [2.05, 4.69) is 55.4 Å². The van der Waals surface area contributed by atoms with Gasteiger partial charge in [0.25, 0.3) is 0 Å². The molecule has 0 heterocycles. The predicted molar refractivity (Wildman–Crippen MR) is 441 cm³/mol. The van der Waals surface area contributed by atoms with Crippen LogP contribution in [0.5, 0.6) is 0 Å². The maximum atomic E-state index is 13.2. The van der Waals surface area contributed by atoms with Crippen LogP contribution in [-0.4, -0.2) is 96.7 Å². The minimum Gasteiger partial charge on any atom is -0.462 e. The Kier molecular flexibility index (Phi) is 75.3. The number of hydrogen-bond acceptors (Lipinski definition) is 15. The topological polar surface area (TPSA) is 237 Å². The highest BCUT2D eigenvalue weighted by Gasteiger charge is 2.31. The van der Waals surface area contributed by atoms with Crippen molar-refractivity contribution in [2.75, 3.05) is 39.6 Å². The summed E-state index contributed by atoms with van der Waals surface area (Å²) in [5, 5.41) is 10.7. The van der Waals surface area contributed by atoms with Gasteiger partial charge in [0.2, 0.25) is 0 Å².